The van der Waals surface area contributed by atoms with Gasteiger partial charge in [0.15, 0.2) is 0 Å². The van der Waals surface area contributed by atoms with E-state index in [1.165, 1.54) is 48.2 Å². The van der Waals surface area contributed by atoms with Crippen molar-refractivity contribution in [1.82, 2.24) is 14.9 Å². The third-order valence-corrected chi connectivity index (χ3v) is 7.81. The van der Waals surface area contributed by atoms with Crippen molar-refractivity contribution in [1.29, 1.82) is 5.26 Å². The van der Waals surface area contributed by atoms with E-state index in [4.69, 9.17) is 0 Å². The number of aryl methyl sites for hydroxylation is 1. The number of rotatable bonds is 2. The van der Waals surface area contributed by atoms with Gasteiger partial charge in [-0.05, 0) is 68.0 Å². The molecule has 0 radical (unpaired) electrons. The number of aromatic nitrogens is 2. The molecule has 1 aromatic carbocycles. The average Bonchev–Trinajstić information content (AvgIpc) is 2.87. The van der Waals surface area contributed by atoms with Crippen LogP contribution in [0.25, 0.3) is 10.9 Å². The van der Waals surface area contributed by atoms with Crippen molar-refractivity contribution in [2.75, 3.05) is 42.5 Å². The van der Waals surface area contributed by atoms with Crippen LogP contribution >= 0.6 is 0 Å². The molecule has 2 aromatic heterocycles. The average molecular weight is 439 g/mol. The highest BCUT2D eigenvalue weighted by Gasteiger charge is 2.37. The second-order valence-electron chi connectivity index (χ2n) is 9.74. The minimum Gasteiger partial charge on any atom is -0.368 e. The number of anilines is 2. The van der Waals surface area contributed by atoms with E-state index in [0.29, 0.717) is 17.6 Å². The zero-order valence-corrected chi connectivity index (χ0v) is 19.2. The fraction of sp³-hybridized carbons (Fsp3) is 0.444. The second-order valence-corrected chi connectivity index (χ2v) is 9.74. The summed E-state index contributed by atoms with van der Waals surface area (Å²) in [6, 6.07) is 11.4. The quantitative estimate of drug-likeness (QED) is 0.607. The van der Waals surface area contributed by atoms with Crippen LogP contribution in [0.2, 0.25) is 0 Å². The molecule has 0 spiro atoms. The van der Waals surface area contributed by atoms with E-state index in [2.05, 4.69) is 62.2 Å². The summed E-state index contributed by atoms with van der Waals surface area (Å²) in [5.41, 5.74) is 7.00. The first kappa shape index (κ1) is 20.4. The van der Waals surface area contributed by atoms with Crippen LogP contribution in [0.15, 0.2) is 42.9 Å². The molecule has 2 aliphatic heterocycles. The van der Waals surface area contributed by atoms with Gasteiger partial charge >= 0.3 is 0 Å². The third kappa shape index (κ3) is 3.52. The number of nitriles is 1. The summed E-state index contributed by atoms with van der Waals surface area (Å²) >= 11 is 0. The first-order valence-electron chi connectivity index (χ1n) is 12.2. The van der Waals surface area contributed by atoms with Gasteiger partial charge in [0.25, 0.3) is 0 Å². The normalized spacial score (nSPS) is 23.2. The number of piperazine rings is 2. The lowest BCUT2D eigenvalue weighted by molar-refractivity contribution is 0.108. The molecule has 1 aliphatic carbocycles. The zero-order valence-electron chi connectivity index (χ0n) is 19.2. The lowest BCUT2D eigenvalue weighted by Gasteiger charge is -2.52. The van der Waals surface area contributed by atoms with Crippen LogP contribution in [-0.4, -0.2) is 59.7 Å². The fourth-order valence-corrected chi connectivity index (χ4v) is 6.22. The predicted molar refractivity (Wildman–Crippen MR) is 132 cm³/mol. The largest absolute Gasteiger partial charge is 0.368 e. The number of benzene rings is 1. The van der Waals surface area contributed by atoms with Crippen molar-refractivity contribution in [3.8, 4) is 6.07 Å². The highest BCUT2D eigenvalue weighted by molar-refractivity contribution is 5.95. The summed E-state index contributed by atoms with van der Waals surface area (Å²) in [5.74, 6) is 0. The van der Waals surface area contributed by atoms with Crippen LogP contribution < -0.4 is 9.80 Å². The Hall–Kier alpha value is -3.17. The number of pyridine rings is 2. The Labute approximate surface area is 195 Å². The molecular formula is C27H30N6. The van der Waals surface area contributed by atoms with Crippen molar-refractivity contribution in [2.24, 2.45) is 0 Å². The lowest BCUT2D eigenvalue weighted by atomic mass is 9.91. The molecule has 33 heavy (non-hydrogen) atoms. The van der Waals surface area contributed by atoms with E-state index >= 15 is 0 Å². The summed E-state index contributed by atoms with van der Waals surface area (Å²) in [6.45, 7) is 7.53. The standard InChI is InChI=1S/C27H30N6/c1-19-16-32(25-9-8-20(13-28)27-24(25)7-4-10-30-27)18-22-17-31(11-12-33(19)22)26-15-29-14-21-5-2-3-6-23(21)26/h4,7-10,14-15,19,22H,2-3,5-6,11-12,16-18H2,1H3/t19-,22+/m1/s1. The molecule has 0 N–H and O–H groups in total. The Morgan fingerprint density at radius 2 is 1.85 bits per heavy atom. The SMILES string of the molecule is C[C@@H]1CN(c2ccc(C#N)c3ncccc23)C[C@@H]2CN(c3cncc4c3CCCC4)CCN21. The maximum absolute atomic E-state index is 9.53. The van der Waals surface area contributed by atoms with Crippen molar-refractivity contribution in [3.63, 3.8) is 0 Å². The van der Waals surface area contributed by atoms with Gasteiger partial charge in [0.1, 0.15) is 6.07 Å². The topological polar surface area (TPSA) is 59.3 Å². The Morgan fingerprint density at radius 3 is 2.76 bits per heavy atom. The van der Waals surface area contributed by atoms with Crippen molar-refractivity contribution in [2.45, 2.75) is 44.7 Å². The van der Waals surface area contributed by atoms with Gasteiger partial charge < -0.3 is 9.80 Å². The molecule has 0 saturated carbocycles. The number of hydrogen-bond acceptors (Lipinski definition) is 6. The molecule has 2 atom stereocenters. The van der Waals surface area contributed by atoms with E-state index in [1.807, 2.05) is 12.1 Å². The van der Waals surface area contributed by atoms with E-state index < -0.39 is 0 Å². The van der Waals surface area contributed by atoms with Crippen LogP contribution in [-0.2, 0) is 12.8 Å². The molecule has 0 unspecified atom stereocenters. The first-order chi connectivity index (χ1) is 16.2. The predicted octanol–water partition coefficient (Wildman–Crippen LogP) is 3.78. The van der Waals surface area contributed by atoms with Crippen molar-refractivity contribution < 1.29 is 0 Å². The monoisotopic (exact) mass is 438 g/mol. The van der Waals surface area contributed by atoms with Gasteiger partial charge in [-0.1, -0.05) is 0 Å². The molecule has 0 amide bonds. The molecule has 4 heterocycles. The molecule has 3 aromatic rings. The summed E-state index contributed by atoms with van der Waals surface area (Å²) in [5, 5.41) is 10.6. The summed E-state index contributed by atoms with van der Waals surface area (Å²) in [4.78, 5) is 16.9. The minimum atomic E-state index is 0.462. The van der Waals surface area contributed by atoms with E-state index in [9.17, 15) is 5.26 Å². The van der Waals surface area contributed by atoms with E-state index in [1.54, 1.807) is 6.20 Å². The fourth-order valence-electron chi connectivity index (χ4n) is 6.22. The molecule has 168 valence electrons. The summed E-state index contributed by atoms with van der Waals surface area (Å²) < 4.78 is 0. The van der Waals surface area contributed by atoms with Gasteiger partial charge in [-0.2, -0.15) is 5.26 Å². The van der Waals surface area contributed by atoms with E-state index in [0.717, 1.165) is 43.6 Å². The molecule has 0 bridgehead atoms. The number of hydrogen-bond donors (Lipinski definition) is 0. The van der Waals surface area contributed by atoms with Crippen LogP contribution in [0, 0.1) is 11.3 Å². The van der Waals surface area contributed by atoms with Crippen molar-refractivity contribution >= 4 is 22.3 Å². The second kappa shape index (κ2) is 8.31. The highest BCUT2D eigenvalue weighted by atomic mass is 15.4. The molecule has 2 fully saturated rings. The Bertz CT molecular complexity index is 1230. The number of nitrogens with zero attached hydrogens (tertiary/aromatic N) is 6. The third-order valence-electron chi connectivity index (χ3n) is 7.81. The van der Waals surface area contributed by atoms with Crippen molar-refractivity contribution in [3.05, 3.63) is 59.5 Å². The van der Waals surface area contributed by atoms with Crippen LogP contribution in [0.5, 0.6) is 0 Å². The minimum absolute atomic E-state index is 0.462. The number of fused-ring (bicyclic) bond motifs is 3. The van der Waals surface area contributed by atoms with Gasteiger partial charge in [-0.25, -0.2) is 0 Å². The van der Waals surface area contributed by atoms with Gasteiger partial charge in [-0.3, -0.25) is 14.9 Å². The lowest BCUT2D eigenvalue weighted by Crippen LogP contribution is -2.65. The van der Waals surface area contributed by atoms with Gasteiger partial charge in [0.2, 0.25) is 0 Å². The van der Waals surface area contributed by atoms with Crippen LogP contribution in [0.1, 0.15) is 36.5 Å². The summed E-state index contributed by atoms with van der Waals surface area (Å²) in [6.07, 6.45) is 10.9. The highest BCUT2D eigenvalue weighted by Crippen LogP contribution is 2.34. The van der Waals surface area contributed by atoms with E-state index in [-0.39, 0.29) is 0 Å². The maximum atomic E-state index is 9.53. The molecule has 2 saturated heterocycles. The maximum Gasteiger partial charge on any atom is 0.101 e. The van der Waals surface area contributed by atoms with Gasteiger partial charge in [0, 0.05) is 68.3 Å². The van der Waals surface area contributed by atoms with Crippen LogP contribution in [0.3, 0.4) is 0 Å². The summed E-state index contributed by atoms with van der Waals surface area (Å²) in [7, 11) is 0. The molecule has 6 rings (SSSR count). The Balaban J connectivity index is 1.30. The van der Waals surface area contributed by atoms with Gasteiger partial charge in [-0.15, -0.1) is 0 Å². The molecule has 6 heteroatoms. The Kier molecular flexibility index (Phi) is 5.15. The smallest absolute Gasteiger partial charge is 0.101 e. The first-order valence-corrected chi connectivity index (χ1v) is 12.2. The zero-order chi connectivity index (χ0) is 22.4. The molecule has 6 nitrogen and oxygen atoms in total. The Morgan fingerprint density at radius 1 is 0.970 bits per heavy atom. The van der Waals surface area contributed by atoms with Gasteiger partial charge in [0.05, 0.1) is 23.0 Å². The molecule has 3 aliphatic rings. The molecular weight excluding hydrogens is 408 g/mol. The van der Waals surface area contributed by atoms with Crippen LogP contribution in [0.4, 0.5) is 11.4 Å².